The summed E-state index contributed by atoms with van der Waals surface area (Å²) in [6.07, 6.45) is 5.08. The zero-order valence-electron chi connectivity index (χ0n) is 14.4. The number of rotatable bonds is 5. The quantitative estimate of drug-likeness (QED) is 0.838. The summed E-state index contributed by atoms with van der Waals surface area (Å²) in [6, 6.07) is 1.63. The molecule has 0 radical (unpaired) electrons. The fraction of sp³-hybridized carbons (Fsp3) is 0.556. The molecule has 1 saturated carbocycles. The molecule has 8 heteroatoms. The van der Waals surface area contributed by atoms with E-state index in [2.05, 4.69) is 20.8 Å². The van der Waals surface area contributed by atoms with Gasteiger partial charge in [-0.25, -0.2) is 0 Å². The van der Waals surface area contributed by atoms with Gasteiger partial charge in [0.25, 0.3) is 0 Å². The normalized spacial score (nSPS) is 25.8. The Hall–Kier alpha value is -2.22. The van der Waals surface area contributed by atoms with Crippen LogP contribution in [0.5, 0.6) is 0 Å². The Morgan fingerprint density at radius 3 is 2.81 bits per heavy atom. The fourth-order valence-corrected chi connectivity index (χ4v) is 4.32. The van der Waals surface area contributed by atoms with Gasteiger partial charge in [0.05, 0.1) is 0 Å². The van der Waals surface area contributed by atoms with E-state index in [9.17, 15) is 9.59 Å². The topological polar surface area (TPSA) is 97.1 Å². The summed E-state index contributed by atoms with van der Waals surface area (Å²) in [5, 5.41) is 18.1. The molecule has 0 aromatic carbocycles. The first-order valence-corrected chi connectivity index (χ1v) is 10.1. The predicted molar refractivity (Wildman–Crippen MR) is 96.5 cm³/mol. The van der Waals surface area contributed by atoms with Crippen LogP contribution in [0.25, 0.3) is 11.5 Å². The standard InChI is InChI=1S/C18H22N4O3S/c23-15-6-5-14(20-15)16(24)19-9-11-1-3-12(4-2-11)17-21-22-18(25-17)13-7-8-26-10-13/h7-8,10-12,14H,1-6,9H2,(H,19,24)(H,20,23). The molecule has 3 heterocycles. The molecule has 0 bridgehead atoms. The Morgan fingerprint density at radius 2 is 2.12 bits per heavy atom. The van der Waals surface area contributed by atoms with E-state index in [1.54, 1.807) is 11.3 Å². The molecule has 1 saturated heterocycles. The summed E-state index contributed by atoms with van der Waals surface area (Å²) in [5.41, 5.74) is 0.976. The molecular weight excluding hydrogens is 352 g/mol. The van der Waals surface area contributed by atoms with Crippen molar-refractivity contribution in [1.82, 2.24) is 20.8 Å². The molecule has 2 aliphatic rings. The minimum atomic E-state index is -0.354. The smallest absolute Gasteiger partial charge is 0.248 e. The zero-order valence-corrected chi connectivity index (χ0v) is 15.3. The summed E-state index contributed by atoms with van der Waals surface area (Å²) >= 11 is 1.61. The van der Waals surface area contributed by atoms with E-state index in [1.165, 1.54) is 0 Å². The van der Waals surface area contributed by atoms with Crippen LogP contribution in [0, 0.1) is 5.92 Å². The lowest BCUT2D eigenvalue weighted by Gasteiger charge is -2.27. The Balaban J connectivity index is 1.24. The van der Waals surface area contributed by atoms with Gasteiger partial charge < -0.3 is 15.1 Å². The molecule has 4 rings (SSSR count). The van der Waals surface area contributed by atoms with Crippen molar-refractivity contribution in [1.29, 1.82) is 0 Å². The number of nitrogens with zero attached hydrogens (tertiary/aromatic N) is 2. The van der Waals surface area contributed by atoms with Gasteiger partial charge in [0, 0.05) is 29.8 Å². The number of nitrogens with one attached hydrogen (secondary N) is 2. The van der Waals surface area contributed by atoms with Crippen LogP contribution in [-0.2, 0) is 9.59 Å². The zero-order chi connectivity index (χ0) is 17.9. The number of thiophene rings is 1. The highest BCUT2D eigenvalue weighted by Crippen LogP contribution is 2.36. The molecule has 138 valence electrons. The second kappa shape index (κ2) is 7.57. The van der Waals surface area contributed by atoms with Gasteiger partial charge in [0.15, 0.2) is 0 Å². The lowest BCUT2D eigenvalue weighted by Crippen LogP contribution is -2.43. The van der Waals surface area contributed by atoms with Gasteiger partial charge in [-0.2, -0.15) is 11.3 Å². The van der Waals surface area contributed by atoms with Crippen molar-refractivity contribution < 1.29 is 14.0 Å². The maximum atomic E-state index is 12.1. The van der Waals surface area contributed by atoms with Crippen molar-refractivity contribution in [3.8, 4) is 11.5 Å². The lowest BCUT2D eigenvalue weighted by atomic mass is 9.82. The number of amides is 2. The molecule has 26 heavy (non-hydrogen) atoms. The maximum absolute atomic E-state index is 12.1. The van der Waals surface area contributed by atoms with Gasteiger partial charge in [0.1, 0.15) is 6.04 Å². The third kappa shape index (κ3) is 3.80. The van der Waals surface area contributed by atoms with Crippen molar-refractivity contribution in [3.05, 3.63) is 22.7 Å². The van der Waals surface area contributed by atoms with Crippen molar-refractivity contribution in [2.75, 3.05) is 6.54 Å². The highest BCUT2D eigenvalue weighted by atomic mass is 32.1. The average Bonchev–Trinajstić information content (AvgIpc) is 3.40. The number of aromatic nitrogens is 2. The first kappa shape index (κ1) is 17.2. The first-order chi connectivity index (χ1) is 12.7. The van der Waals surface area contributed by atoms with E-state index >= 15 is 0 Å². The van der Waals surface area contributed by atoms with E-state index in [0.717, 1.165) is 37.1 Å². The lowest BCUT2D eigenvalue weighted by molar-refractivity contribution is -0.125. The first-order valence-electron chi connectivity index (χ1n) is 9.12. The Bertz CT molecular complexity index is 765. The number of hydrogen-bond donors (Lipinski definition) is 2. The number of hydrogen-bond acceptors (Lipinski definition) is 6. The van der Waals surface area contributed by atoms with E-state index in [-0.39, 0.29) is 17.9 Å². The van der Waals surface area contributed by atoms with Crippen molar-refractivity contribution >= 4 is 23.2 Å². The summed E-state index contributed by atoms with van der Waals surface area (Å²) in [5.74, 6) is 1.99. The highest BCUT2D eigenvalue weighted by Gasteiger charge is 2.29. The monoisotopic (exact) mass is 374 g/mol. The summed E-state index contributed by atoms with van der Waals surface area (Å²) < 4.78 is 5.85. The van der Waals surface area contributed by atoms with Crippen molar-refractivity contribution in [2.24, 2.45) is 5.92 Å². The van der Waals surface area contributed by atoms with Gasteiger partial charge in [-0.1, -0.05) is 0 Å². The Labute approximate surface area is 155 Å². The molecular formula is C18H22N4O3S. The summed E-state index contributed by atoms with van der Waals surface area (Å²) in [4.78, 5) is 23.3. The van der Waals surface area contributed by atoms with E-state index < -0.39 is 0 Å². The largest absolute Gasteiger partial charge is 0.420 e. The van der Waals surface area contributed by atoms with Gasteiger partial charge in [0.2, 0.25) is 23.6 Å². The number of carbonyl (C=O) groups excluding carboxylic acids is 2. The minimum Gasteiger partial charge on any atom is -0.420 e. The average molecular weight is 374 g/mol. The molecule has 7 nitrogen and oxygen atoms in total. The second-order valence-corrected chi connectivity index (χ2v) is 7.86. The van der Waals surface area contributed by atoms with Crippen molar-refractivity contribution in [3.63, 3.8) is 0 Å². The third-order valence-corrected chi connectivity index (χ3v) is 5.96. The Morgan fingerprint density at radius 1 is 1.27 bits per heavy atom. The Kier molecular flexibility index (Phi) is 5.01. The molecule has 2 aromatic heterocycles. The van der Waals surface area contributed by atoms with Crippen LogP contribution < -0.4 is 10.6 Å². The van der Waals surface area contributed by atoms with E-state index in [4.69, 9.17) is 4.42 Å². The van der Waals surface area contributed by atoms with Crippen LogP contribution in [0.1, 0.15) is 50.3 Å². The highest BCUT2D eigenvalue weighted by molar-refractivity contribution is 7.08. The van der Waals surface area contributed by atoms with Gasteiger partial charge in [-0.05, 0) is 49.5 Å². The van der Waals surface area contributed by atoms with Crippen LogP contribution in [0.3, 0.4) is 0 Å². The van der Waals surface area contributed by atoms with Crippen LogP contribution in [0.2, 0.25) is 0 Å². The van der Waals surface area contributed by atoms with E-state index in [0.29, 0.717) is 37.1 Å². The maximum Gasteiger partial charge on any atom is 0.248 e. The third-order valence-electron chi connectivity index (χ3n) is 5.28. The number of carbonyl (C=O) groups is 2. The molecule has 0 spiro atoms. The van der Waals surface area contributed by atoms with Gasteiger partial charge >= 0.3 is 0 Å². The van der Waals surface area contributed by atoms with Gasteiger partial charge in [-0.15, -0.1) is 10.2 Å². The van der Waals surface area contributed by atoms with Crippen LogP contribution in [-0.4, -0.2) is 34.6 Å². The van der Waals surface area contributed by atoms with Crippen molar-refractivity contribution in [2.45, 2.75) is 50.5 Å². The minimum absolute atomic E-state index is 0.0352. The van der Waals surface area contributed by atoms with Gasteiger partial charge in [-0.3, -0.25) is 9.59 Å². The van der Waals surface area contributed by atoms with Crippen LogP contribution in [0.4, 0.5) is 0 Å². The molecule has 1 aliphatic carbocycles. The summed E-state index contributed by atoms with van der Waals surface area (Å²) in [6.45, 7) is 0.669. The molecule has 2 fully saturated rings. The summed E-state index contributed by atoms with van der Waals surface area (Å²) in [7, 11) is 0. The predicted octanol–water partition coefficient (Wildman–Crippen LogP) is 2.47. The molecule has 2 N–H and O–H groups in total. The molecule has 2 aromatic rings. The molecule has 1 aliphatic heterocycles. The molecule has 1 atom stereocenters. The second-order valence-electron chi connectivity index (χ2n) is 7.08. The van der Waals surface area contributed by atoms with Crippen LogP contribution in [0.15, 0.2) is 21.2 Å². The molecule has 2 amide bonds. The SMILES string of the molecule is O=C1CCC(C(=O)NCC2CCC(c3nnc(-c4ccsc4)o3)CC2)N1. The fourth-order valence-electron chi connectivity index (χ4n) is 3.69. The van der Waals surface area contributed by atoms with E-state index in [1.807, 2.05) is 16.8 Å². The van der Waals surface area contributed by atoms with Crippen LogP contribution >= 0.6 is 11.3 Å². The molecule has 1 unspecified atom stereocenters.